The van der Waals surface area contributed by atoms with Gasteiger partial charge >= 0.3 is 0 Å². The second kappa shape index (κ2) is 3.74. The molecule has 0 unspecified atom stereocenters. The lowest BCUT2D eigenvalue weighted by Gasteiger charge is -2.04. The Morgan fingerprint density at radius 3 is 2.87 bits per heavy atom. The number of hydrogen-bond donors (Lipinski definition) is 2. The summed E-state index contributed by atoms with van der Waals surface area (Å²) in [7, 11) is 1.59. The Labute approximate surface area is 86.7 Å². The molecular weight excluding hydrogens is 192 g/mol. The van der Waals surface area contributed by atoms with Gasteiger partial charge in [0, 0.05) is 29.8 Å². The lowest BCUT2D eigenvalue weighted by molar-refractivity contribution is 0.415. The van der Waals surface area contributed by atoms with Crippen LogP contribution in [0.25, 0.3) is 10.9 Å². The van der Waals surface area contributed by atoms with Gasteiger partial charge in [-0.1, -0.05) is 0 Å². The molecule has 4 heteroatoms. The number of benzene rings is 1. The van der Waals surface area contributed by atoms with Crippen LogP contribution >= 0.6 is 0 Å². The van der Waals surface area contributed by atoms with E-state index >= 15 is 0 Å². The van der Waals surface area contributed by atoms with Gasteiger partial charge in [-0.3, -0.25) is 4.79 Å². The summed E-state index contributed by atoms with van der Waals surface area (Å²) in [6.07, 6.45) is 0. The zero-order valence-corrected chi connectivity index (χ0v) is 8.41. The summed E-state index contributed by atoms with van der Waals surface area (Å²) in [4.78, 5) is 14.7. The van der Waals surface area contributed by atoms with E-state index in [4.69, 9.17) is 10.5 Å². The molecule has 0 atom stereocenters. The van der Waals surface area contributed by atoms with Gasteiger partial charge in [0.05, 0.1) is 12.6 Å². The number of ether oxygens (including phenoxy) is 1. The number of pyridine rings is 1. The predicted octanol–water partition coefficient (Wildman–Crippen LogP) is 0.995. The van der Waals surface area contributed by atoms with Gasteiger partial charge in [0.2, 0.25) is 0 Å². The number of rotatable bonds is 2. The maximum absolute atomic E-state index is 11.6. The van der Waals surface area contributed by atoms with E-state index in [1.54, 1.807) is 25.3 Å². The van der Waals surface area contributed by atoms with Crippen molar-refractivity contribution in [2.75, 3.05) is 7.11 Å². The van der Waals surface area contributed by atoms with E-state index < -0.39 is 0 Å². The Hall–Kier alpha value is -1.81. The fourth-order valence-corrected chi connectivity index (χ4v) is 1.52. The van der Waals surface area contributed by atoms with Crippen molar-refractivity contribution >= 4 is 10.9 Å². The number of fused-ring (bicyclic) bond motifs is 1. The maximum atomic E-state index is 11.6. The lowest BCUT2D eigenvalue weighted by atomic mass is 10.2. The third-order valence-electron chi connectivity index (χ3n) is 2.31. The highest BCUT2D eigenvalue weighted by Crippen LogP contribution is 2.16. The lowest BCUT2D eigenvalue weighted by Crippen LogP contribution is -2.08. The number of hydrogen-bond acceptors (Lipinski definition) is 3. The first-order valence-electron chi connectivity index (χ1n) is 4.64. The van der Waals surface area contributed by atoms with Crippen LogP contribution in [0.3, 0.4) is 0 Å². The van der Waals surface area contributed by atoms with Crippen LogP contribution in [0.15, 0.2) is 29.1 Å². The summed E-state index contributed by atoms with van der Waals surface area (Å²) in [5.41, 5.74) is 6.93. The molecule has 15 heavy (non-hydrogen) atoms. The molecule has 0 spiro atoms. The normalized spacial score (nSPS) is 10.5. The summed E-state index contributed by atoms with van der Waals surface area (Å²) < 4.78 is 5.08. The van der Waals surface area contributed by atoms with E-state index in [-0.39, 0.29) is 5.43 Å². The minimum absolute atomic E-state index is 0.0214. The molecule has 0 aliphatic heterocycles. The van der Waals surface area contributed by atoms with Crippen LogP contribution in [0.4, 0.5) is 0 Å². The van der Waals surface area contributed by atoms with Crippen LogP contribution < -0.4 is 15.9 Å². The van der Waals surface area contributed by atoms with Gasteiger partial charge in [-0.15, -0.1) is 0 Å². The molecule has 1 aromatic carbocycles. The Bertz CT molecular complexity index is 541. The third kappa shape index (κ3) is 1.71. The minimum atomic E-state index is -0.0214. The molecule has 3 N–H and O–H groups in total. The summed E-state index contributed by atoms with van der Waals surface area (Å²) in [5, 5.41) is 0.646. The average molecular weight is 204 g/mol. The van der Waals surface area contributed by atoms with Crippen molar-refractivity contribution in [3.05, 3.63) is 40.2 Å². The molecule has 0 aliphatic rings. The van der Waals surface area contributed by atoms with Gasteiger partial charge in [-0.05, 0) is 12.1 Å². The molecule has 0 saturated carbocycles. The van der Waals surface area contributed by atoms with Crippen molar-refractivity contribution in [2.24, 2.45) is 5.73 Å². The predicted molar refractivity (Wildman–Crippen MR) is 59.0 cm³/mol. The summed E-state index contributed by atoms with van der Waals surface area (Å²) in [5.74, 6) is 0.715. The topological polar surface area (TPSA) is 68.1 Å². The zero-order chi connectivity index (χ0) is 10.8. The van der Waals surface area contributed by atoms with Gasteiger partial charge in [0.1, 0.15) is 5.75 Å². The van der Waals surface area contributed by atoms with E-state index in [1.807, 2.05) is 0 Å². The largest absolute Gasteiger partial charge is 0.497 e. The van der Waals surface area contributed by atoms with Gasteiger partial charge < -0.3 is 15.5 Å². The fourth-order valence-electron chi connectivity index (χ4n) is 1.52. The van der Waals surface area contributed by atoms with Crippen LogP contribution in [-0.2, 0) is 6.54 Å². The third-order valence-corrected chi connectivity index (χ3v) is 2.31. The standard InChI is InChI=1S/C11H12N2O2/c1-15-8-2-3-9-10(5-8)13-7(6-12)4-11(9)14/h2-5H,6,12H2,1H3,(H,13,14). The highest BCUT2D eigenvalue weighted by Gasteiger charge is 2.02. The second-order valence-electron chi connectivity index (χ2n) is 3.27. The van der Waals surface area contributed by atoms with Crippen LogP contribution in [0.5, 0.6) is 5.75 Å². The van der Waals surface area contributed by atoms with E-state index in [0.717, 1.165) is 11.2 Å². The van der Waals surface area contributed by atoms with E-state index in [2.05, 4.69) is 4.98 Å². The summed E-state index contributed by atoms with van der Waals surface area (Å²) >= 11 is 0. The molecule has 0 amide bonds. The van der Waals surface area contributed by atoms with Gasteiger partial charge in [0.15, 0.2) is 5.43 Å². The summed E-state index contributed by atoms with van der Waals surface area (Å²) in [6.45, 7) is 0.322. The van der Waals surface area contributed by atoms with Gasteiger partial charge in [0.25, 0.3) is 0 Å². The zero-order valence-electron chi connectivity index (χ0n) is 8.41. The van der Waals surface area contributed by atoms with Crippen LogP contribution in [0.1, 0.15) is 5.69 Å². The van der Waals surface area contributed by atoms with Crippen molar-refractivity contribution in [1.82, 2.24) is 4.98 Å². The monoisotopic (exact) mass is 204 g/mol. The molecule has 1 aromatic heterocycles. The Balaban J connectivity index is 2.75. The molecule has 0 radical (unpaired) electrons. The SMILES string of the molecule is COc1ccc2c(=O)cc(CN)[nH]c2c1. The highest BCUT2D eigenvalue weighted by atomic mass is 16.5. The van der Waals surface area contributed by atoms with Crippen LogP contribution in [-0.4, -0.2) is 12.1 Å². The molecule has 0 fully saturated rings. The number of H-pyrrole nitrogens is 1. The molecule has 0 bridgehead atoms. The van der Waals surface area contributed by atoms with Crippen molar-refractivity contribution in [1.29, 1.82) is 0 Å². The van der Waals surface area contributed by atoms with Gasteiger partial charge in [-0.25, -0.2) is 0 Å². The first kappa shape index (κ1) is 9.73. The molecular formula is C11H12N2O2. The Morgan fingerprint density at radius 1 is 1.40 bits per heavy atom. The Morgan fingerprint density at radius 2 is 2.20 bits per heavy atom. The smallest absolute Gasteiger partial charge is 0.189 e. The Kier molecular flexibility index (Phi) is 2.43. The molecule has 2 rings (SSSR count). The van der Waals surface area contributed by atoms with E-state index in [1.165, 1.54) is 6.07 Å². The van der Waals surface area contributed by atoms with Crippen molar-refractivity contribution in [2.45, 2.75) is 6.54 Å². The van der Waals surface area contributed by atoms with Crippen molar-refractivity contribution in [3.8, 4) is 5.75 Å². The molecule has 4 nitrogen and oxygen atoms in total. The van der Waals surface area contributed by atoms with Crippen molar-refractivity contribution in [3.63, 3.8) is 0 Å². The fraction of sp³-hybridized carbons (Fsp3) is 0.182. The van der Waals surface area contributed by atoms with Crippen LogP contribution in [0.2, 0.25) is 0 Å². The number of aromatic nitrogens is 1. The second-order valence-corrected chi connectivity index (χ2v) is 3.27. The number of aromatic amines is 1. The number of nitrogens with one attached hydrogen (secondary N) is 1. The molecule has 1 heterocycles. The number of methoxy groups -OCH3 is 1. The number of nitrogens with two attached hydrogens (primary N) is 1. The maximum Gasteiger partial charge on any atom is 0.189 e. The average Bonchev–Trinajstić information content (AvgIpc) is 2.28. The van der Waals surface area contributed by atoms with Gasteiger partial charge in [-0.2, -0.15) is 0 Å². The quantitative estimate of drug-likeness (QED) is 0.766. The van der Waals surface area contributed by atoms with Crippen LogP contribution in [0, 0.1) is 0 Å². The van der Waals surface area contributed by atoms with Crippen molar-refractivity contribution < 1.29 is 4.74 Å². The van der Waals surface area contributed by atoms with E-state index in [9.17, 15) is 4.79 Å². The first-order valence-corrected chi connectivity index (χ1v) is 4.64. The molecule has 0 saturated heterocycles. The molecule has 78 valence electrons. The molecule has 0 aliphatic carbocycles. The highest BCUT2D eigenvalue weighted by molar-refractivity contribution is 5.79. The minimum Gasteiger partial charge on any atom is -0.497 e. The first-order chi connectivity index (χ1) is 7.24. The summed E-state index contributed by atoms with van der Waals surface area (Å²) in [6, 6.07) is 6.82. The molecule has 2 aromatic rings. The van der Waals surface area contributed by atoms with E-state index in [0.29, 0.717) is 17.7 Å².